The SMILES string of the molecule is COC(=O)c1cccc(Cn2cc(Br)ccc2=O)c1. The van der Waals surface area contributed by atoms with Crippen molar-refractivity contribution in [3.8, 4) is 0 Å². The third kappa shape index (κ3) is 3.32. The number of hydrogen-bond donors (Lipinski definition) is 0. The standard InChI is InChI=1S/C14H12BrNO3/c1-19-14(18)11-4-2-3-10(7-11)8-16-9-12(15)5-6-13(16)17/h2-7,9H,8H2,1H3. The molecule has 1 aromatic heterocycles. The second-order valence-corrected chi connectivity index (χ2v) is 4.92. The number of hydrogen-bond acceptors (Lipinski definition) is 3. The molecule has 2 aromatic rings. The average molecular weight is 322 g/mol. The monoisotopic (exact) mass is 321 g/mol. The molecule has 0 fully saturated rings. The van der Waals surface area contributed by atoms with E-state index in [9.17, 15) is 9.59 Å². The molecule has 0 saturated carbocycles. The van der Waals surface area contributed by atoms with Crippen LogP contribution in [0.1, 0.15) is 15.9 Å². The molecule has 5 heteroatoms. The highest BCUT2D eigenvalue weighted by molar-refractivity contribution is 9.10. The fourth-order valence-corrected chi connectivity index (χ4v) is 2.12. The van der Waals surface area contributed by atoms with E-state index in [1.165, 1.54) is 13.2 Å². The molecular formula is C14H12BrNO3. The van der Waals surface area contributed by atoms with Crippen molar-refractivity contribution in [1.29, 1.82) is 0 Å². The van der Waals surface area contributed by atoms with Gasteiger partial charge in [0.1, 0.15) is 0 Å². The summed E-state index contributed by atoms with van der Waals surface area (Å²) in [5.74, 6) is -0.386. The highest BCUT2D eigenvalue weighted by atomic mass is 79.9. The number of carbonyl (C=O) groups excluding carboxylic acids is 1. The maximum Gasteiger partial charge on any atom is 0.337 e. The van der Waals surface area contributed by atoms with Crippen LogP contribution in [0.4, 0.5) is 0 Å². The second kappa shape index (κ2) is 5.84. The molecule has 0 atom stereocenters. The summed E-state index contributed by atoms with van der Waals surface area (Å²) in [5, 5.41) is 0. The molecule has 1 heterocycles. The number of aromatic nitrogens is 1. The Morgan fingerprint density at radius 2 is 2.11 bits per heavy atom. The number of halogens is 1. The second-order valence-electron chi connectivity index (χ2n) is 4.01. The highest BCUT2D eigenvalue weighted by Crippen LogP contribution is 2.10. The van der Waals surface area contributed by atoms with Crippen LogP contribution in [-0.2, 0) is 11.3 Å². The van der Waals surface area contributed by atoms with E-state index in [1.807, 2.05) is 6.07 Å². The maximum absolute atomic E-state index is 11.7. The zero-order valence-corrected chi connectivity index (χ0v) is 11.9. The molecule has 0 aliphatic heterocycles. The largest absolute Gasteiger partial charge is 0.465 e. The van der Waals surface area contributed by atoms with E-state index in [0.717, 1.165) is 10.0 Å². The number of carbonyl (C=O) groups is 1. The van der Waals surface area contributed by atoms with E-state index in [4.69, 9.17) is 0 Å². The Labute approximate surface area is 118 Å². The van der Waals surface area contributed by atoms with Gasteiger partial charge in [-0.3, -0.25) is 4.79 Å². The first kappa shape index (κ1) is 13.5. The van der Waals surface area contributed by atoms with Crippen LogP contribution in [0.25, 0.3) is 0 Å². The first-order valence-electron chi connectivity index (χ1n) is 5.63. The van der Waals surface area contributed by atoms with Crippen molar-refractivity contribution >= 4 is 21.9 Å². The fourth-order valence-electron chi connectivity index (χ4n) is 1.74. The van der Waals surface area contributed by atoms with Crippen molar-refractivity contribution < 1.29 is 9.53 Å². The van der Waals surface area contributed by atoms with Crippen LogP contribution in [-0.4, -0.2) is 17.6 Å². The molecule has 0 saturated heterocycles. The van der Waals surface area contributed by atoms with Gasteiger partial charge < -0.3 is 9.30 Å². The summed E-state index contributed by atoms with van der Waals surface area (Å²) in [6.45, 7) is 0.406. The minimum atomic E-state index is -0.386. The van der Waals surface area contributed by atoms with Crippen LogP contribution >= 0.6 is 15.9 Å². The number of nitrogens with zero attached hydrogens (tertiary/aromatic N) is 1. The molecule has 0 radical (unpaired) electrons. The number of methoxy groups -OCH3 is 1. The summed E-state index contributed by atoms with van der Waals surface area (Å²) < 4.78 is 7.07. The summed E-state index contributed by atoms with van der Waals surface area (Å²) in [5.41, 5.74) is 1.25. The fraction of sp³-hybridized carbons (Fsp3) is 0.143. The number of ether oxygens (including phenoxy) is 1. The summed E-state index contributed by atoms with van der Waals surface area (Å²) in [4.78, 5) is 23.1. The molecule has 2 rings (SSSR count). The van der Waals surface area contributed by atoms with Crippen LogP contribution in [0, 0.1) is 0 Å². The molecule has 1 aromatic carbocycles. The molecule has 4 nitrogen and oxygen atoms in total. The first-order valence-corrected chi connectivity index (χ1v) is 6.42. The molecule has 98 valence electrons. The van der Waals surface area contributed by atoms with E-state index in [-0.39, 0.29) is 11.5 Å². The van der Waals surface area contributed by atoms with Crippen molar-refractivity contribution in [1.82, 2.24) is 4.57 Å². The lowest BCUT2D eigenvalue weighted by Gasteiger charge is -2.07. The zero-order chi connectivity index (χ0) is 13.8. The summed E-state index contributed by atoms with van der Waals surface area (Å²) in [6, 6.07) is 10.2. The van der Waals surface area contributed by atoms with Gasteiger partial charge in [0.05, 0.1) is 19.2 Å². The Hall–Kier alpha value is -1.88. The topological polar surface area (TPSA) is 48.3 Å². The third-order valence-corrected chi connectivity index (χ3v) is 3.12. The van der Waals surface area contributed by atoms with Crippen LogP contribution in [0.3, 0.4) is 0 Å². The summed E-state index contributed by atoms with van der Waals surface area (Å²) in [6.07, 6.45) is 1.72. The van der Waals surface area contributed by atoms with Crippen LogP contribution in [0.2, 0.25) is 0 Å². The predicted molar refractivity (Wildman–Crippen MR) is 75.3 cm³/mol. The first-order chi connectivity index (χ1) is 9.10. The smallest absolute Gasteiger partial charge is 0.337 e. The maximum atomic E-state index is 11.7. The Balaban J connectivity index is 2.31. The van der Waals surface area contributed by atoms with Crippen molar-refractivity contribution in [3.05, 3.63) is 68.5 Å². The molecule has 0 bridgehead atoms. The van der Waals surface area contributed by atoms with Gasteiger partial charge in [0.15, 0.2) is 0 Å². The van der Waals surface area contributed by atoms with E-state index >= 15 is 0 Å². The number of pyridine rings is 1. The van der Waals surface area contributed by atoms with Gasteiger partial charge in [-0.2, -0.15) is 0 Å². The molecule has 0 aliphatic rings. The Kier molecular flexibility index (Phi) is 4.16. The third-order valence-electron chi connectivity index (χ3n) is 2.65. The Morgan fingerprint density at radius 1 is 1.32 bits per heavy atom. The number of benzene rings is 1. The molecule has 19 heavy (non-hydrogen) atoms. The van der Waals surface area contributed by atoms with Crippen molar-refractivity contribution in [2.24, 2.45) is 0 Å². The lowest BCUT2D eigenvalue weighted by atomic mass is 10.1. The average Bonchev–Trinajstić information content (AvgIpc) is 2.42. The van der Waals surface area contributed by atoms with Crippen molar-refractivity contribution in [3.63, 3.8) is 0 Å². The number of rotatable bonds is 3. The quantitative estimate of drug-likeness (QED) is 0.816. The van der Waals surface area contributed by atoms with E-state index in [0.29, 0.717) is 12.1 Å². The van der Waals surface area contributed by atoms with Gasteiger partial charge in [-0.05, 0) is 39.7 Å². The van der Waals surface area contributed by atoms with Gasteiger partial charge in [0, 0.05) is 16.7 Å². The molecule has 0 N–H and O–H groups in total. The van der Waals surface area contributed by atoms with Gasteiger partial charge in [-0.1, -0.05) is 12.1 Å². The van der Waals surface area contributed by atoms with Gasteiger partial charge in [-0.25, -0.2) is 4.79 Å². The lowest BCUT2D eigenvalue weighted by molar-refractivity contribution is 0.0600. The van der Waals surface area contributed by atoms with Crippen LogP contribution in [0.15, 0.2) is 51.9 Å². The Bertz CT molecular complexity index is 664. The molecule has 0 aliphatic carbocycles. The minimum absolute atomic E-state index is 0.0910. The van der Waals surface area contributed by atoms with Gasteiger partial charge >= 0.3 is 5.97 Å². The summed E-state index contributed by atoms with van der Waals surface area (Å²) >= 11 is 3.32. The van der Waals surface area contributed by atoms with Crippen LogP contribution < -0.4 is 5.56 Å². The van der Waals surface area contributed by atoms with E-state index in [2.05, 4.69) is 20.7 Å². The van der Waals surface area contributed by atoms with Gasteiger partial charge in [0.25, 0.3) is 5.56 Å². The van der Waals surface area contributed by atoms with Gasteiger partial charge in [-0.15, -0.1) is 0 Å². The van der Waals surface area contributed by atoms with Crippen LogP contribution in [0.5, 0.6) is 0 Å². The minimum Gasteiger partial charge on any atom is -0.465 e. The predicted octanol–water partition coefficient (Wildman–Crippen LogP) is 2.45. The molecule has 0 spiro atoms. The van der Waals surface area contributed by atoms with Crippen molar-refractivity contribution in [2.75, 3.05) is 7.11 Å². The normalized spacial score (nSPS) is 10.2. The lowest BCUT2D eigenvalue weighted by Crippen LogP contribution is -2.18. The van der Waals surface area contributed by atoms with E-state index in [1.54, 1.807) is 35.0 Å². The summed E-state index contributed by atoms with van der Waals surface area (Å²) in [7, 11) is 1.34. The van der Waals surface area contributed by atoms with Crippen molar-refractivity contribution in [2.45, 2.75) is 6.54 Å². The number of esters is 1. The van der Waals surface area contributed by atoms with Gasteiger partial charge in [0.2, 0.25) is 0 Å². The highest BCUT2D eigenvalue weighted by Gasteiger charge is 2.06. The Morgan fingerprint density at radius 3 is 2.84 bits per heavy atom. The zero-order valence-electron chi connectivity index (χ0n) is 10.3. The molecule has 0 amide bonds. The molecule has 0 unspecified atom stereocenters. The van der Waals surface area contributed by atoms with E-state index < -0.39 is 0 Å². The molecular weight excluding hydrogens is 310 g/mol.